The fourth-order valence-corrected chi connectivity index (χ4v) is 1.42. The van der Waals surface area contributed by atoms with Crippen molar-refractivity contribution in [2.45, 2.75) is 12.8 Å². The van der Waals surface area contributed by atoms with Crippen molar-refractivity contribution in [3.63, 3.8) is 0 Å². The maximum atomic E-state index is 11.4. The van der Waals surface area contributed by atoms with Gasteiger partial charge in [0.2, 0.25) is 11.8 Å². The molecule has 0 aliphatic carbocycles. The van der Waals surface area contributed by atoms with Crippen LogP contribution in [-0.2, 0) is 9.59 Å². The minimum atomic E-state index is -0.0829. The Morgan fingerprint density at radius 2 is 2.38 bits per heavy atom. The number of carbonyl (C=O) groups excluding carboxylic acids is 2. The lowest BCUT2D eigenvalue weighted by Gasteiger charge is -2.17. The van der Waals surface area contributed by atoms with E-state index in [1.54, 1.807) is 4.90 Å². The van der Waals surface area contributed by atoms with Gasteiger partial charge in [0.1, 0.15) is 0 Å². The molecule has 0 aromatic carbocycles. The molecule has 0 saturated carbocycles. The van der Waals surface area contributed by atoms with Gasteiger partial charge in [-0.15, -0.1) is 11.6 Å². The van der Waals surface area contributed by atoms with E-state index in [4.69, 9.17) is 11.6 Å². The zero-order chi connectivity index (χ0) is 9.68. The van der Waals surface area contributed by atoms with Gasteiger partial charge in [-0.25, -0.2) is 0 Å². The van der Waals surface area contributed by atoms with Crippen LogP contribution in [-0.4, -0.2) is 42.2 Å². The maximum absolute atomic E-state index is 11.4. The number of amides is 2. The Kier molecular flexibility index (Phi) is 4.02. The average molecular weight is 205 g/mol. The van der Waals surface area contributed by atoms with Crippen molar-refractivity contribution in [1.29, 1.82) is 0 Å². The third-order valence-corrected chi connectivity index (χ3v) is 2.11. The zero-order valence-corrected chi connectivity index (χ0v) is 8.14. The van der Waals surface area contributed by atoms with Crippen LogP contribution in [0.1, 0.15) is 12.8 Å². The van der Waals surface area contributed by atoms with E-state index in [1.807, 2.05) is 0 Å². The molecule has 1 heterocycles. The number of nitrogens with one attached hydrogen (secondary N) is 1. The summed E-state index contributed by atoms with van der Waals surface area (Å²) in [6.45, 7) is 1.48. The molecule has 13 heavy (non-hydrogen) atoms. The first-order valence-corrected chi connectivity index (χ1v) is 4.88. The standard InChI is InChI=1S/C8H13ClN2O2/c9-3-2-8(13)11-5-1-4-10-7(12)6-11/h1-6H2,(H,10,12). The molecule has 1 N–H and O–H groups in total. The minimum absolute atomic E-state index is 0.0351. The molecule has 1 fully saturated rings. The van der Waals surface area contributed by atoms with E-state index in [1.165, 1.54) is 0 Å². The number of carbonyl (C=O) groups is 2. The Hall–Kier alpha value is -0.770. The molecule has 0 spiro atoms. The summed E-state index contributed by atoms with van der Waals surface area (Å²) in [6, 6.07) is 0. The van der Waals surface area contributed by atoms with E-state index < -0.39 is 0 Å². The second-order valence-electron chi connectivity index (χ2n) is 2.96. The third kappa shape index (κ3) is 3.22. The SMILES string of the molecule is O=C1CN(C(=O)CCCl)CCCN1. The van der Waals surface area contributed by atoms with E-state index in [-0.39, 0.29) is 18.4 Å². The normalized spacial score (nSPS) is 17.9. The van der Waals surface area contributed by atoms with Gasteiger partial charge >= 0.3 is 0 Å². The van der Waals surface area contributed by atoms with Crippen LogP contribution in [0.15, 0.2) is 0 Å². The summed E-state index contributed by atoms with van der Waals surface area (Å²) < 4.78 is 0. The van der Waals surface area contributed by atoms with Gasteiger partial charge in [-0.05, 0) is 6.42 Å². The lowest BCUT2D eigenvalue weighted by molar-refractivity contribution is -0.134. The van der Waals surface area contributed by atoms with Crippen molar-refractivity contribution in [3.05, 3.63) is 0 Å². The van der Waals surface area contributed by atoms with Crippen molar-refractivity contribution in [3.8, 4) is 0 Å². The number of halogens is 1. The molecule has 1 saturated heterocycles. The van der Waals surface area contributed by atoms with Gasteiger partial charge < -0.3 is 10.2 Å². The second kappa shape index (κ2) is 5.07. The van der Waals surface area contributed by atoms with E-state index >= 15 is 0 Å². The summed E-state index contributed by atoms with van der Waals surface area (Å²) >= 11 is 5.44. The highest BCUT2D eigenvalue weighted by Gasteiger charge is 2.18. The number of rotatable bonds is 2. The number of nitrogens with zero attached hydrogens (tertiary/aromatic N) is 1. The van der Waals surface area contributed by atoms with Crippen molar-refractivity contribution >= 4 is 23.4 Å². The summed E-state index contributed by atoms with van der Waals surface area (Å²) in [5.74, 6) is 0.198. The Balaban J connectivity index is 2.47. The van der Waals surface area contributed by atoms with Gasteiger partial charge in [-0.3, -0.25) is 9.59 Å². The first-order valence-electron chi connectivity index (χ1n) is 4.34. The molecule has 4 nitrogen and oxygen atoms in total. The van der Waals surface area contributed by atoms with E-state index in [2.05, 4.69) is 5.32 Å². The molecule has 74 valence electrons. The lowest BCUT2D eigenvalue weighted by Crippen LogP contribution is -2.37. The number of alkyl halides is 1. The highest BCUT2D eigenvalue weighted by molar-refractivity contribution is 6.18. The fraction of sp³-hybridized carbons (Fsp3) is 0.750. The summed E-state index contributed by atoms with van der Waals surface area (Å²) in [5, 5.41) is 2.71. The molecule has 0 unspecified atom stereocenters. The molecule has 0 aromatic heterocycles. The van der Waals surface area contributed by atoms with Gasteiger partial charge in [0.15, 0.2) is 0 Å². The highest BCUT2D eigenvalue weighted by atomic mass is 35.5. The van der Waals surface area contributed by atoms with Crippen molar-refractivity contribution < 1.29 is 9.59 Å². The molecule has 0 aromatic rings. The van der Waals surface area contributed by atoms with Crippen LogP contribution in [0.25, 0.3) is 0 Å². The fourth-order valence-electron chi connectivity index (χ4n) is 1.26. The van der Waals surface area contributed by atoms with E-state index in [0.29, 0.717) is 25.4 Å². The summed E-state index contributed by atoms with van der Waals surface area (Å²) in [7, 11) is 0. The molecule has 0 radical (unpaired) electrons. The first-order chi connectivity index (χ1) is 6.24. The molecule has 5 heteroatoms. The Labute approximate surface area is 82.2 Å². The van der Waals surface area contributed by atoms with E-state index in [0.717, 1.165) is 6.42 Å². The zero-order valence-electron chi connectivity index (χ0n) is 7.38. The predicted octanol–water partition coefficient (Wildman–Crippen LogP) is -0.0362. The van der Waals surface area contributed by atoms with Crippen molar-refractivity contribution in [1.82, 2.24) is 10.2 Å². The topological polar surface area (TPSA) is 49.4 Å². The van der Waals surface area contributed by atoms with Gasteiger partial charge in [0.05, 0.1) is 6.54 Å². The van der Waals surface area contributed by atoms with Crippen LogP contribution >= 0.6 is 11.6 Å². The smallest absolute Gasteiger partial charge is 0.239 e. The Morgan fingerprint density at radius 1 is 1.62 bits per heavy atom. The summed E-state index contributed by atoms with van der Waals surface area (Å²) in [6.07, 6.45) is 1.13. The van der Waals surface area contributed by atoms with Crippen LogP contribution < -0.4 is 5.32 Å². The molecular formula is C8H13ClN2O2. The average Bonchev–Trinajstić information content (AvgIpc) is 2.30. The largest absolute Gasteiger partial charge is 0.354 e. The minimum Gasteiger partial charge on any atom is -0.354 e. The summed E-state index contributed by atoms with van der Waals surface area (Å²) in [4.78, 5) is 24.0. The quantitative estimate of drug-likeness (QED) is 0.642. The first kappa shape index (κ1) is 10.3. The van der Waals surface area contributed by atoms with Crippen LogP contribution in [0.3, 0.4) is 0 Å². The maximum Gasteiger partial charge on any atom is 0.239 e. The van der Waals surface area contributed by atoms with Crippen molar-refractivity contribution in [2.24, 2.45) is 0 Å². The molecule has 2 amide bonds. The molecule has 1 aliphatic rings. The van der Waals surface area contributed by atoms with Crippen LogP contribution in [0.2, 0.25) is 0 Å². The highest BCUT2D eigenvalue weighted by Crippen LogP contribution is 2.00. The molecule has 0 bridgehead atoms. The monoisotopic (exact) mass is 204 g/mol. The number of hydrogen-bond donors (Lipinski definition) is 1. The molecule has 1 rings (SSSR count). The molecule has 0 atom stereocenters. The van der Waals surface area contributed by atoms with Gasteiger partial charge in [-0.2, -0.15) is 0 Å². The van der Waals surface area contributed by atoms with Crippen molar-refractivity contribution in [2.75, 3.05) is 25.5 Å². The van der Waals surface area contributed by atoms with Gasteiger partial charge in [0.25, 0.3) is 0 Å². The van der Waals surface area contributed by atoms with Crippen LogP contribution in [0.4, 0.5) is 0 Å². The third-order valence-electron chi connectivity index (χ3n) is 1.92. The molecular weight excluding hydrogens is 192 g/mol. The predicted molar refractivity (Wildman–Crippen MR) is 49.5 cm³/mol. The second-order valence-corrected chi connectivity index (χ2v) is 3.34. The lowest BCUT2D eigenvalue weighted by atomic mass is 10.3. The number of hydrogen-bond acceptors (Lipinski definition) is 2. The van der Waals surface area contributed by atoms with Crippen LogP contribution in [0, 0.1) is 0 Å². The van der Waals surface area contributed by atoms with E-state index in [9.17, 15) is 9.59 Å². The van der Waals surface area contributed by atoms with Crippen LogP contribution in [0.5, 0.6) is 0 Å². The van der Waals surface area contributed by atoms with Gasteiger partial charge in [-0.1, -0.05) is 0 Å². The summed E-state index contributed by atoms with van der Waals surface area (Å²) in [5.41, 5.74) is 0. The Bertz CT molecular complexity index is 208. The molecule has 1 aliphatic heterocycles. The van der Waals surface area contributed by atoms with Gasteiger partial charge in [0, 0.05) is 25.4 Å². The Morgan fingerprint density at radius 3 is 3.08 bits per heavy atom.